The molecule has 0 aliphatic carbocycles. The van der Waals surface area contributed by atoms with E-state index in [0.717, 1.165) is 29.4 Å². The molecule has 0 fully saturated rings. The second-order valence-corrected chi connectivity index (χ2v) is 3.97. The zero-order valence-corrected chi connectivity index (χ0v) is 10.4. The highest BCUT2D eigenvalue weighted by Gasteiger charge is 2.04. The van der Waals surface area contributed by atoms with Crippen LogP contribution in [-0.4, -0.2) is 6.61 Å². The fourth-order valence-electron chi connectivity index (χ4n) is 1.53. The van der Waals surface area contributed by atoms with Crippen LogP contribution in [0.4, 0.5) is 5.69 Å². The van der Waals surface area contributed by atoms with Crippen LogP contribution < -0.4 is 15.2 Å². The summed E-state index contributed by atoms with van der Waals surface area (Å²) in [5, 5.41) is 0. The highest BCUT2D eigenvalue weighted by atomic mass is 16.5. The maximum Gasteiger partial charge on any atom is 0.169 e. The molecule has 0 aromatic heterocycles. The zero-order valence-electron chi connectivity index (χ0n) is 10.4. The third kappa shape index (κ3) is 3.17. The third-order valence-electron chi connectivity index (χ3n) is 2.42. The van der Waals surface area contributed by atoms with Crippen molar-refractivity contribution in [1.82, 2.24) is 0 Å². The number of para-hydroxylation sites is 2. The normalized spacial score (nSPS) is 10.1. The van der Waals surface area contributed by atoms with Crippen LogP contribution >= 0.6 is 0 Å². The molecule has 0 unspecified atom stereocenters. The number of hydrogen-bond acceptors (Lipinski definition) is 3. The SMILES string of the molecule is CCCOc1ccccc1Oc1ccc(N)cc1. The van der Waals surface area contributed by atoms with Crippen LogP contribution in [0.15, 0.2) is 48.5 Å². The number of benzene rings is 2. The molecular weight excluding hydrogens is 226 g/mol. The second kappa shape index (κ2) is 5.96. The van der Waals surface area contributed by atoms with E-state index in [0.29, 0.717) is 6.61 Å². The molecule has 0 heterocycles. The fourth-order valence-corrected chi connectivity index (χ4v) is 1.53. The van der Waals surface area contributed by atoms with Crippen LogP contribution in [0.25, 0.3) is 0 Å². The lowest BCUT2D eigenvalue weighted by atomic mass is 10.3. The van der Waals surface area contributed by atoms with E-state index in [2.05, 4.69) is 6.92 Å². The van der Waals surface area contributed by atoms with Crippen LogP contribution in [-0.2, 0) is 0 Å². The Morgan fingerprint density at radius 3 is 2.28 bits per heavy atom. The first-order chi connectivity index (χ1) is 8.79. The van der Waals surface area contributed by atoms with Crippen LogP contribution in [0.3, 0.4) is 0 Å². The van der Waals surface area contributed by atoms with Gasteiger partial charge in [0.25, 0.3) is 0 Å². The molecule has 0 spiro atoms. The van der Waals surface area contributed by atoms with E-state index >= 15 is 0 Å². The predicted octanol–water partition coefficient (Wildman–Crippen LogP) is 3.85. The quantitative estimate of drug-likeness (QED) is 0.811. The monoisotopic (exact) mass is 243 g/mol. The number of anilines is 1. The molecule has 3 heteroatoms. The minimum Gasteiger partial charge on any atom is -0.490 e. The van der Waals surface area contributed by atoms with Gasteiger partial charge < -0.3 is 15.2 Å². The summed E-state index contributed by atoms with van der Waals surface area (Å²) in [6.07, 6.45) is 0.968. The number of rotatable bonds is 5. The molecule has 3 nitrogen and oxygen atoms in total. The van der Waals surface area contributed by atoms with Crippen molar-refractivity contribution in [3.05, 3.63) is 48.5 Å². The van der Waals surface area contributed by atoms with Gasteiger partial charge in [-0.25, -0.2) is 0 Å². The van der Waals surface area contributed by atoms with Gasteiger partial charge in [0.15, 0.2) is 11.5 Å². The lowest BCUT2D eigenvalue weighted by molar-refractivity contribution is 0.302. The molecule has 0 atom stereocenters. The highest BCUT2D eigenvalue weighted by Crippen LogP contribution is 2.31. The molecule has 0 bridgehead atoms. The number of hydrogen-bond donors (Lipinski definition) is 1. The Morgan fingerprint density at radius 2 is 1.61 bits per heavy atom. The molecule has 0 aliphatic heterocycles. The maximum atomic E-state index is 5.78. The fraction of sp³-hybridized carbons (Fsp3) is 0.200. The van der Waals surface area contributed by atoms with Gasteiger partial charge in [-0.1, -0.05) is 19.1 Å². The summed E-state index contributed by atoms with van der Waals surface area (Å²) in [5.74, 6) is 2.23. The summed E-state index contributed by atoms with van der Waals surface area (Å²) in [6, 6.07) is 14.9. The van der Waals surface area contributed by atoms with Gasteiger partial charge in [0, 0.05) is 5.69 Å². The summed E-state index contributed by atoms with van der Waals surface area (Å²) in [7, 11) is 0. The summed E-state index contributed by atoms with van der Waals surface area (Å²) in [5.41, 5.74) is 6.36. The highest BCUT2D eigenvalue weighted by molar-refractivity contribution is 5.46. The van der Waals surface area contributed by atoms with E-state index in [4.69, 9.17) is 15.2 Å². The summed E-state index contributed by atoms with van der Waals surface area (Å²) in [6.45, 7) is 2.76. The first-order valence-electron chi connectivity index (χ1n) is 6.05. The van der Waals surface area contributed by atoms with Gasteiger partial charge in [-0.05, 0) is 42.8 Å². The number of ether oxygens (including phenoxy) is 2. The zero-order chi connectivity index (χ0) is 12.8. The van der Waals surface area contributed by atoms with Crippen molar-refractivity contribution in [1.29, 1.82) is 0 Å². The van der Waals surface area contributed by atoms with E-state index in [1.165, 1.54) is 0 Å². The largest absolute Gasteiger partial charge is 0.490 e. The average Bonchev–Trinajstić information content (AvgIpc) is 2.40. The minimum absolute atomic E-state index is 0.683. The van der Waals surface area contributed by atoms with Crippen molar-refractivity contribution in [2.24, 2.45) is 0 Å². The molecule has 0 aliphatic rings. The van der Waals surface area contributed by atoms with Crippen LogP contribution in [0.5, 0.6) is 17.2 Å². The smallest absolute Gasteiger partial charge is 0.169 e. The van der Waals surface area contributed by atoms with Gasteiger partial charge >= 0.3 is 0 Å². The molecule has 0 saturated heterocycles. The van der Waals surface area contributed by atoms with Gasteiger partial charge in [-0.2, -0.15) is 0 Å². The molecule has 2 aromatic carbocycles. The van der Waals surface area contributed by atoms with Crippen molar-refractivity contribution in [2.45, 2.75) is 13.3 Å². The lowest BCUT2D eigenvalue weighted by Crippen LogP contribution is -1.97. The summed E-state index contributed by atoms with van der Waals surface area (Å²) >= 11 is 0. The number of nitrogens with two attached hydrogens (primary N) is 1. The topological polar surface area (TPSA) is 44.5 Å². The van der Waals surface area contributed by atoms with Gasteiger partial charge in [-0.3, -0.25) is 0 Å². The van der Waals surface area contributed by atoms with E-state index < -0.39 is 0 Å². The molecule has 0 amide bonds. The van der Waals surface area contributed by atoms with Gasteiger partial charge in [0.1, 0.15) is 5.75 Å². The Bertz CT molecular complexity index is 494. The third-order valence-corrected chi connectivity index (χ3v) is 2.42. The van der Waals surface area contributed by atoms with E-state index in [1.807, 2.05) is 48.5 Å². The Morgan fingerprint density at radius 1 is 0.944 bits per heavy atom. The Hall–Kier alpha value is -2.16. The molecule has 94 valence electrons. The molecular formula is C15H17NO2. The average molecular weight is 243 g/mol. The summed E-state index contributed by atoms with van der Waals surface area (Å²) in [4.78, 5) is 0. The van der Waals surface area contributed by atoms with E-state index in [9.17, 15) is 0 Å². The molecule has 18 heavy (non-hydrogen) atoms. The van der Waals surface area contributed by atoms with Crippen LogP contribution in [0.2, 0.25) is 0 Å². The molecule has 0 saturated carbocycles. The predicted molar refractivity (Wildman–Crippen MR) is 73.2 cm³/mol. The van der Waals surface area contributed by atoms with Crippen molar-refractivity contribution >= 4 is 5.69 Å². The van der Waals surface area contributed by atoms with Crippen molar-refractivity contribution in [3.8, 4) is 17.2 Å². The molecule has 2 aromatic rings. The van der Waals surface area contributed by atoms with Crippen molar-refractivity contribution in [2.75, 3.05) is 12.3 Å². The van der Waals surface area contributed by atoms with Crippen molar-refractivity contribution in [3.63, 3.8) is 0 Å². The number of nitrogen functional groups attached to an aromatic ring is 1. The van der Waals surface area contributed by atoms with Gasteiger partial charge in [0.05, 0.1) is 6.61 Å². The van der Waals surface area contributed by atoms with Gasteiger partial charge in [-0.15, -0.1) is 0 Å². The first kappa shape index (κ1) is 12.3. The molecule has 2 rings (SSSR count). The first-order valence-corrected chi connectivity index (χ1v) is 6.05. The van der Waals surface area contributed by atoms with E-state index in [1.54, 1.807) is 0 Å². The lowest BCUT2D eigenvalue weighted by Gasteiger charge is -2.11. The van der Waals surface area contributed by atoms with Gasteiger partial charge in [0.2, 0.25) is 0 Å². The van der Waals surface area contributed by atoms with Crippen molar-refractivity contribution < 1.29 is 9.47 Å². The minimum atomic E-state index is 0.683. The Balaban J connectivity index is 2.15. The summed E-state index contributed by atoms with van der Waals surface area (Å²) < 4.78 is 11.4. The molecule has 0 radical (unpaired) electrons. The standard InChI is InChI=1S/C15H17NO2/c1-2-11-17-14-5-3-4-6-15(14)18-13-9-7-12(16)8-10-13/h3-10H,2,11,16H2,1H3. The van der Waals surface area contributed by atoms with E-state index in [-0.39, 0.29) is 0 Å². The van der Waals surface area contributed by atoms with Crippen LogP contribution in [0, 0.1) is 0 Å². The Labute approximate surface area is 107 Å². The Kier molecular flexibility index (Phi) is 4.07. The maximum absolute atomic E-state index is 5.78. The second-order valence-electron chi connectivity index (χ2n) is 3.97. The van der Waals surface area contributed by atoms with Crippen LogP contribution in [0.1, 0.15) is 13.3 Å². The molecule has 2 N–H and O–H groups in total.